The molecular weight excluding hydrogens is 1580 g/mol. The van der Waals surface area contributed by atoms with Gasteiger partial charge in [0.1, 0.15) is 56.4 Å². The first kappa shape index (κ1) is 101. The van der Waals surface area contributed by atoms with Crippen LogP contribution in [0.1, 0.15) is 240 Å². The number of nitrogens with one attached hydrogen (secondary N) is 3. The predicted octanol–water partition coefficient (Wildman–Crippen LogP) is 8.75. The third kappa shape index (κ3) is 32.7. The molecule has 9 heterocycles. The maximum atomic E-state index is 12.5. The smallest absolute Gasteiger partial charge is 0.425 e. The van der Waals surface area contributed by atoms with Gasteiger partial charge in [-0.25, -0.2) is 70.8 Å². The molecule has 9 rings (SSSR count). The fourth-order valence-electron chi connectivity index (χ4n) is 10.1. The molecule has 8 atom stereocenters. The fourth-order valence-corrected chi connectivity index (χ4v) is 12.2. The van der Waals surface area contributed by atoms with E-state index in [1.807, 2.05) is 20.8 Å². The lowest BCUT2D eigenvalue weighted by atomic mass is 10.2. The van der Waals surface area contributed by atoms with Crippen LogP contribution in [0.3, 0.4) is 0 Å². The Morgan fingerprint density at radius 2 is 0.966 bits per heavy atom. The van der Waals surface area contributed by atoms with Gasteiger partial charge in [0.25, 0.3) is 17.2 Å². The van der Waals surface area contributed by atoms with Crippen LogP contribution in [0.25, 0.3) is 33.1 Å². The number of amides is 5. The Balaban J connectivity index is 0.000000368. The molecule has 10 N–H and O–H groups in total. The molecule has 0 saturated carbocycles. The average Bonchev–Trinajstić information content (AvgIpc) is 1.63. The molecule has 2 fully saturated rings. The van der Waals surface area contributed by atoms with Crippen LogP contribution in [-0.4, -0.2) is 244 Å². The third-order valence-corrected chi connectivity index (χ3v) is 17.5. The molecule has 6 aromatic rings. The van der Waals surface area contributed by atoms with Gasteiger partial charge in [0.2, 0.25) is 0 Å². The molecule has 0 aromatic carbocycles. The maximum absolute atomic E-state index is 12.5. The van der Waals surface area contributed by atoms with E-state index in [-0.39, 0.29) is 105 Å². The number of pyridine rings is 3. The minimum atomic E-state index is -3.95. The molecular formula is C76H117N13O26S2. The molecule has 0 radical (unpaired) electrons. The zero-order valence-corrected chi connectivity index (χ0v) is 72.4. The van der Waals surface area contributed by atoms with Crippen molar-refractivity contribution in [2.24, 2.45) is 11.5 Å². The summed E-state index contributed by atoms with van der Waals surface area (Å²) in [6.07, 6.45) is -4.17. The monoisotopic (exact) mass is 1690 g/mol. The number of ether oxygens (including phenoxy) is 8. The number of nitrogens with zero attached hydrogens (tertiary/aromatic N) is 8. The van der Waals surface area contributed by atoms with Crippen molar-refractivity contribution in [3.05, 3.63) is 88.8 Å². The first-order valence-corrected chi connectivity index (χ1v) is 40.1. The van der Waals surface area contributed by atoms with E-state index in [0.29, 0.717) is 64.2 Å². The summed E-state index contributed by atoms with van der Waals surface area (Å²) < 4.78 is 90.6. The lowest BCUT2D eigenvalue weighted by Gasteiger charge is -2.23. The Hall–Kier alpha value is -10.2. The first-order chi connectivity index (χ1) is 54.2. The van der Waals surface area contributed by atoms with Gasteiger partial charge < -0.3 is 94.3 Å². The number of rotatable bonds is 17. The first-order valence-electron chi connectivity index (χ1n) is 37.7. The molecule has 39 nitrogen and oxygen atoms in total. The van der Waals surface area contributed by atoms with Crippen molar-refractivity contribution in [2.45, 2.75) is 224 Å². The van der Waals surface area contributed by atoms with Crippen molar-refractivity contribution in [1.82, 2.24) is 53.2 Å². The number of hydrogen-bond acceptors (Lipinski definition) is 30. The van der Waals surface area contributed by atoms with E-state index in [0.717, 1.165) is 15.1 Å². The maximum Gasteiger partial charge on any atom is 0.425 e. The molecule has 0 bridgehead atoms. The summed E-state index contributed by atoms with van der Waals surface area (Å²) in [5.41, 5.74) is 11.2. The Morgan fingerprint density at radius 1 is 0.564 bits per heavy atom. The summed E-state index contributed by atoms with van der Waals surface area (Å²) in [6.45, 7) is 43.0. The Morgan fingerprint density at radius 3 is 1.34 bits per heavy atom. The highest BCUT2D eigenvalue weighted by Crippen LogP contribution is 2.29. The van der Waals surface area contributed by atoms with E-state index in [4.69, 9.17) is 68.9 Å². The fraction of sp³-hybridized carbons (Fsp3) is 0.592. The van der Waals surface area contributed by atoms with Gasteiger partial charge >= 0.3 is 64.5 Å². The highest BCUT2D eigenvalue weighted by Gasteiger charge is 2.41. The molecule has 41 heteroatoms. The Bertz CT molecular complexity index is 4530. The van der Waals surface area contributed by atoms with Gasteiger partial charge in [-0.15, -0.1) is 0 Å². The van der Waals surface area contributed by atoms with Crippen LogP contribution in [0.15, 0.2) is 54.6 Å². The van der Waals surface area contributed by atoms with E-state index in [2.05, 4.69) is 35.1 Å². The lowest BCUT2D eigenvalue weighted by Crippen LogP contribution is -2.37. The second kappa shape index (κ2) is 45.0. The summed E-state index contributed by atoms with van der Waals surface area (Å²) in [5.74, 6) is -3.23. The number of carboxylic acid groups (broad SMARTS) is 1. The number of aliphatic hydroxyl groups is 2. The SMILES string of the molecule is CCOC(=O)c1ccc2cc(C(=O)OCC)n([C@@H](C)CN)c2n1.CCOC(=O)c1ccc2cc(C(=O)OCC)n([C@@H](C)CNC(=O)OC(C)(C)C)c2n1.C[C@@H]1CNC(=O)c2cc3ccc(C(=O)O)nc3n21.C[C@H](O)CN.C[C@H](O)CNC(=O)OC(C)(C)C.C[C@H]1CN(C(=O)OC(C)(C)C)S(=O)(=O)O1.C[C@H]1CN(C(=O)OC(C)(C)C)S(=O)O1. The second-order valence-corrected chi connectivity index (χ2v) is 33.0. The number of esters is 4. The quantitative estimate of drug-likeness (QED) is 0.0312. The van der Waals surface area contributed by atoms with Gasteiger partial charge in [0.15, 0.2) is 17.1 Å². The molecule has 0 aliphatic carbocycles. The predicted molar refractivity (Wildman–Crippen MR) is 430 cm³/mol. The number of carboxylic acids is 1. The van der Waals surface area contributed by atoms with Crippen LogP contribution in [0.5, 0.6) is 0 Å². The van der Waals surface area contributed by atoms with Crippen LogP contribution in [0.2, 0.25) is 0 Å². The van der Waals surface area contributed by atoms with E-state index in [1.54, 1.807) is 201 Å². The lowest BCUT2D eigenvalue weighted by molar-refractivity contribution is 0.0389. The number of carbonyl (C=O) groups excluding carboxylic acids is 9. The van der Waals surface area contributed by atoms with Crippen LogP contribution >= 0.6 is 0 Å². The van der Waals surface area contributed by atoms with Gasteiger partial charge in [0.05, 0.1) is 76.0 Å². The van der Waals surface area contributed by atoms with E-state index < -0.39 is 110 Å². The van der Waals surface area contributed by atoms with Gasteiger partial charge in [0, 0.05) is 54.9 Å². The minimum absolute atomic E-state index is 0.00273. The van der Waals surface area contributed by atoms with Crippen LogP contribution in [-0.2, 0) is 67.8 Å². The molecule has 117 heavy (non-hydrogen) atoms. The zero-order chi connectivity index (χ0) is 89.2. The summed E-state index contributed by atoms with van der Waals surface area (Å²) in [5, 5.41) is 36.1. The summed E-state index contributed by atoms with van der Waals surface area (Å²) in [6, 6.07) is 14.3. The summed E-state index contributed by atoms with van der Waals surface area (Å²) in [4.78, 5) is 130. The molecule has 3 aliphatic heterocycles. The molecule has 6 aromatic heterocycles. The number of fused-ring (bicyclic) bond motifs is 5. The number of alkyl carbamates (subject to hydrolysis) is 2. The molecule has 0 spiro atoms. The van der Waals surface area contributed by atoms with Crippen molar-refractivity contribution in [3.63, 3.8) is 0 Å². The van der Waals surface area contributed by atoms with Crippen molar-refractivity contribution >= 4 is 115 Å². The van der Waals surface area contributed by atoms with E-state index in [9.17, 15) is 60.6 Å². The number of carbonyl (C=O) groups is 10. The van der Waals surface area contributed by atoms with Gasteiger partial charge in [-0.05, 0) is 214 Å². The molecule has 2 saturated heterocycles. The highest BCUT2D eigenvalue weighted by molar-refractivity contribution is 7.85. The average molecular weight is 1690 g/mol. The van der Waals surface area contributed by atoms with E-state index in [1.165, 1.54) is 6.07 Å². The third-order valence-electron chi connectivity index (χ3n) is 14.9. The molecule has 654 valence electrons. The number of aromatic carboxylic acids is 1. The normalized spacial score (nSPS) is 17.0. The Kier molecular flexibility index (Phi) is 38.8. The minimum Gasteiger partial charge on any atom is -0.477 e. The number of aromatic nitrogens is 6. The standard InChI is InChI=1S/C21H29N3O6.C16H21N3O4.C12H11N3O3.C8H15NO5S.C8H15NO4S.C8H17NO3.C3H9NO/c1-7-28-18(25)15-10-9-14-11-16(19(26)29-8-2)24(17(14)23-15)13(3)12-22-20(27)30-21(4,5)6;1-4-22-15(20)12-7-6-11-8-13(16(21)23-5-2)19(10(3)9-17)14(11)18-12;1-6-5-13-11(16)9-4-7-2-3-8(12(17)18)14-10(7)15(6)9;1-6-5-9(15(11,12)14-6)7(10)13-8(2,3)4;1-6-5-9(14(11)13-6)7(10)12-8(2,3)4;1-6(10)5-9-7(11)12-8(2,3)4;1-3(5)2-4/h9-11,13H,7-8,12H2,1-6H3,(H,22,27);6-8,10H,4-5,9,17H2,1-3H3;2-4,6H,5H2,1H3,(H,13,16)(H,17,18);6H,5H2,1-4H3;6H,5H2,1-4H3;6,10H,5H2,1-4H3,(H,9,11);3,5H,2,4H2,1H3/t13-;10-;2*6-;6-,14?;6-;3-/m0010000/s1. The second-order valence-electron chi connectivity index (χ2n) is 30.4. The topological polar surface area (TPSA) is 523 Å². The van der Waals surface area contributed by atoms with Crippen LogP contribution in [0, 0.1) is 0 Å². The highest BCUT2D eigenvalue weighted by atomic mass is 32.2. The summed E-state index contributed by atoms with van der Waals surface area (Å²) in [7, 11) is -3.95. The molecule has 5 amide bonds. The van der Waals surface area contributed by atoms with Crippen LogP contribution in [0.4, 0.5) is 19.2 Å². The molecule has 1 unspecified atom stereocenters. The van der Waals surface area contributed by atoms with Crippen molar-refractivity contribution in [3.8, 4) is 0 Å². The summed E-state index contributed by atoms with van der Waals surface area (Å²) >= 11 is -1.70. The number of aliphatic hydroxyl groups excluding tert-OH is 2. The van der Waals surface area contributed by atoms with Gasteiger partial charge in [-0.3, -0.25) is 8.98 Å². The Labute approximate surface area is 683 Å². The molecule has 3 aliphatic rings. The van der Waals surface area contributed by atoms with Crippen molar-refractivity contribution in [2.75, 3.05) is 72.2 Å². The number of nitrogens with two attached hydrogens (primary N) is 2. The van der Waals surface area contributed by atoms with Crippen molar-refractivity contribution in [1.29, 1.82) is 0 Å². The van der Waals surface area contributed by atoms with Crippen LogP contribution < -0.4 is 27.4 Å². The number of hydrogen-bond donors (Lipinski definition) is 8. The van der Waals surface area contributed by atoms with Gasteiger partial charge in [-0.1, -0.05) is 0 Å². The van der Waals surface area contributed by atoms with Gasteiger partial charge in [-0.2, -0.15) is 12.7 Å². The largest absolute Gasteiger partial charge is 0.477 e. The van der Waals surface area contributed by atoms with Crippen molar-refractivity contribution < 1.29 is 122 Å². The zero-order valence-electron chi connectivity index (χ0n) is 70.8. The van der Waals surface area contributed by atoms with E-state index >= 15 is 0 Å².